The van der Waals surface area contributed by atoms with Gasteiger partial charge in [-0.05, 0) is 12.8 Å². The van der Waals surface area contributed by atoms with Gasteiger partial charge in [0.15, 0.2) is 0 Å². The van der Waals surface area contributed by atoms with E-state index in [0.29, 0.717) is 12.8 Å². The van der Waals surface area contributed by atoms with Gasteiger partial charge in [0, 0.05) is 6.42 Å². The lowest BCUT2D eigenvalue weighted by Gasteiger charge is -2.26. The van der Waals surface area contributed by atoms with Crippen molar-refractivity contribution in [2.24, 2.45) is 0 Å². The number of nitrogens with one attached hydrogen (secondary N) is 1. The molecule has 0 aromatic rings. The first kappa shape index (κ1) is 40.4. The second-order valence-electron chi connectivity index (χ2n) is 12.8. The molecule has 0 fully saturated rings. The highest BCUT2D eigenvalue weighted by atomic mass is 16.3. The van der Waals surface area contributed by atoms with Crippen molar-refractivity contribution in [3.05, 3.63) is 0 Å². The Bertz CT molecular complexity index is 530. The number of carbonyl (C=O) groups excluding carboxylic acids is 1. The van der Waals surface area contributed by atoms with E-state index >= 15 is 0 Å². The smallest absolute Gasteiger partial charge is 0.220 e. The molecule has 0 aliphatic heterocycles. The summed E-state index contributed by atoms with van der Waals surface area (Å²) in [4.78, 5) is 12.3. The highest BCUT2D eigenvalue weighted by Gasteiger charge is 2.26. The first-order valence-electron chi connectivity index (χ1n) is 18.3. The standard InChI is InChI=1S/C36H73NO4/c1-3-5-7-9-11-13-15-17-18-19-20-22-24-26-28-30-34(39)36(41)33(32-38)37-35(40)31-29-27-25-23-21-16-14-12-10-8-6-4-2/h33-34,36,38-39,41H,3-32H2,1-2H3,(H,37,40)/t33-,34+,36-/m0/s1. The summed E-state index contributed by atoms with van der Waals surface area (Å²) in [5.41, 5.74) is 0. The molecule has 0 aliphatic carbocycles. The second kappa shape index (κ2) is 32.3. The van der Waals surface area contributed by atoms with Crippen molar-refractivity contribution in [1.82, 2.24) is 5.32 Å². The average molecular weight is 584 g/mol. The minimum Gasteiger partial charge on any atom is -0.394 e. The van der Waals surface area contributed by atoms with E-state index in [4.69, 9.17) is 0 Å². The van der Waals surface area contributed by atoms with Crippen LogP contribution in [0.2, 0.25) is 0 Å². The Labute approximate surface area is 256 Å². The highest BCUT2D eigenvalue weighted by Crippen LogP contribution is 2.16. The largest absolute Gasteiger partial charge is 0.394 e. The Kier molecular flexibility index (Phi) is 31.8. The SMILES string of the molecule is CCCCCCCCCCCCCCCCC[C@@H](O)[C@@H](O)[C@H](CO)NC(=O)CCCCCCCCCCCCCC. The summed E-state index contributed by atoms with van der Waals surface area (Å²) in [6, 6.07) is -0.800. The fourth-order valence-electron chi connectivity index (χ4n) is 5.81. The Balaban J connectivity index is 3.66. The van der Waals surface area contributed by atoms with Crippen LogP contribution in [0.3, 0.4) is 0 Å². The molecule has 41 heavy (non-hydrogen) atoms. The lowest BCUT2D eigenvalue weighted by atomic mass is 9.99. The number of hydrogen-bond acceptors (Lipinski definition) is 4. The molecule has 0 bridgehead atoms. The van der Waals surface area contributed by atoms with Crippen molar-refractivity contribution in [2.75, 3.05) is 6.61 Å². The van der Waals surface area contributed by atoms with E-state index in [2.05, 4.69) is 19.2 Å². The van der Waals surface area contributed by atoms with E-state index in [-0.39, 0.29) is 12.5 Å². The van der Waals surface area contributed by atoms with Gasteiger partial charge in [0.25, 0.3) is 0 Å². The van der Waals surface area contributed by atoms with Gasteiger partial charge < -0.3 is 20.6 Å². The van der Waals surface area contributed by atoms with Gasteiger partial charge in [-0.15, -0.1) is 0 Å². The van der Waals surface area contributed by atoms with Crippen LogP contribution in [-0.2, 0) is 4.79 Å². The maximum atomic E-state index is 12.3. The van der Waals surface area contributed by atoms with Crippen LogP contribution in [0.15, 0.2) is 0 Å². The van der Waals surface area contributed by atoms with E-state index < -0.39 is 18.2 Å². The maximum Gasteiger partial charge on any atom is 0.220 e. The van der Waals surface area contributed by atoms with Crippen LogP contribution in [0.4, 0.5) is 0 Å². The molecule has 246 valence electrons. The number of unbranched alkanes of at least 4 members (excludes halogenated alkanes) is 25. The molecule has 0 heterocycles. The number of amides is 1. The molecule has 0 aromatic carbocycles. The zero-order valence-electron chi connectivity index (χ0n) is 27.7. The van der Waals surface area contributed by atoms with Gasteiger partial charge in [0.1, 0.15) is 6.10 Å². The van der Waals surface area contributed by atoms with Gasteiger partial charge in [-0.1, -0.05) is 181 Å². The molecule has 5 heteroatoms. The quantitative estimate of drug-likeness (QED) is 0.0579. The molecular formula is C36H73NO4. The molecular weight excluding hydrogens is 510 g/mol. The molecule has 0 aliphatic rings. The molecule has 3 atom stereocenters. The topological polar surface area (TPSA) is 89.8 Å². The number of rotatable bonds is 33. The zero-order chi connectivity index (χ0) is 30.2. The van der Waals surface area contributed by atoms with E-state index in [1.807, 2.05) is 0 Å². The van der Waals surface area contributed by atoms with Gasteiger partial charge in [-0.3, -0.25) is 4.79 Å². The van der Waals surface area contributed by atoms with Crippen LogP contribution < -0.4 is 5.32 Å². The Hall–Kier alpha value is -0.650. The van der Waals surface area contributed by atoms with Gasteiger partial charge >= 0.3 is 0 Å². The predicted octanol–water partition coefficient (Wildman–Crippen LogP) is 9.54. The van der Waals surface area contributed by atoms with Gasteiger partial charge in [0.2, 0.25) is 5.91 Å². The summed E-state index contributed by atoms with van der Waals surface area (Å²) in [5, 5.41) is 33.3. The number of hydrogen-bond donors (Lipinski definition) is 4. The molecule has 0 aromatic heterocycles. The lowest BCUT2D eigenvalue weighted by Crippen LogP contribution is -2.50. The fraction of sp³-hybridized carbons (Fsp3) is 0.972. The number of carbonyl (C=O) groups is 1. The minimum atomic E-state index is -1.13. The summed E-state index contributed by atoms with van der Waals surface area (Å²) in [6.07, 6.45) is 33.3. The van der Waals surface area contributed by atoms with Gasteiger partial charge in [-0.25, -0.2) is 0 Å². The van der Waals surface area contributed by atoms with Crippen molar-refractivity contribution in [2.45, 2.75) is 218 Å². The normalized spacial score (nSPS) is 13.8. The van der Waals surface area contributed by atoms with Gasteiger partial charge in [-0.2, -0.15) is 0 Å². The fourth-order valence-corrected chi connectivity index (χ4v) is 5.81. The van der Waals surface area contributed by atoms with Crippen molar-refractivity contribution in [3.8, 4) is 0 Å². The third kappa shape index (κ3) is 27.9. The van der Waals surface area contributed by atoms with Crippen LogP contribution in [0.5, 0.6) is 0 Å². The lowest BCUT2D eigenvalue weighted by molar-refractivity contribution is -0.124. The molecule has 0 rings (SSSR count). The molecule has 0 radical (unpaired) electrons. The molecule has 1 amide bonds. The first-order chi connectivity index (χ1) is 20.1. The maximum absolute atomic E-state index is 12.3. The van der Waals surface area contributed by atoms with Crippen LogP contribution in [0.1, 0.15) is 200 Å². The number of aliphatic hydroxyl groups is 3. The van der Waals surface area contributed by atoms with Crippen LogP contribution >= 0.6 is 0 Å². The Morgan fingerprint density at radius 3 is 1.17 bits per heavy atom. The van der Waals surface area contributed by atoms with Crippen LogP contribution in [-0.4, -0.2) is 46.1 Å². The molecule has 5 nitrogen and oxygen atoms in total. The third-order valence-electron chi connectivity index (χ3n) is 8.71. The molecule has 0 unspecified atom stereocenters. The van der Waals surface area contributed by atoms with Crippen molar-refractivity contribution >= 4 is 5.91 Å². The van der Waals surface area contributed by atoms with E-state index in [9.17, 15) is 20.1 Å². The second-order valence-corrected chi connectivity index (χ2v) is 12.8. The van der Waals surface area contributed by atoms with Crippen LogP contribution in [0.25, 0.3) is 0 Å². The van der Waals surface area contributed by atoms with Crippen LogP contribution in [0, 0.1) is 0 Å². The van der Waals surface area contributed by atoms with Gasteiger partial charge in [0.05, 0.1) is 18.8 Å². The molecule has 4 N–H and O–H groups in total. The Morgan fingerprint density at radius 1 is 0.512 bits per heavy atom. The third-order valence-corrected chi connectivity index (χ3v) is 8.71. The van der Waals surface area contributed by atoms with E-state index in [0.717, 1.165) is 32.1 Å². The molecule has 0 saturated heterocycles. The average Bonchev–Trinajstić information content (AvgIpc) is 2.97. The van der Waals surface area contributed by atoms with E-state index in [1.54, 1.807) is 0 Å². The minimum absolute atomic E-state index is 0.144. The Morgan fingerprint density at radius 2 is 0.829 bits per heavy atom. The highest BCUT2D eigenvalue weighted by molar-refractivity contribution is 5.76. The monoisotopic (exact) mass is 584 g/mol. The van der Waals surface area contributed by atoms with Crippen molar-refractivity contribution in [3.63, 3.8) is 0 Å². The number of aliphatic hydroxyl groups excluding tert-OH is 3. The van der Waals surface area contributed by atoms with E-state index in [1.165, 1.54) is 141 Å². The summed E-state index contributed by atoms with van der Waals surface area (Å²) in [7, 11) is 0. The summed E-state index contributed by atoms with van der Waals surface area (Å²) in [6.45, 7) is 4.16. The molecule has 0 spiro atoms. The molecule has 0 saturated carbocycles. The van der Waals surface area contributed by atoms with Crippen molar-refractivity contribution in [1.29, 1.82) is 0 Å². The first-order valence-corrected chi connectivity index (χ1v) is 18.3. The zero-order valence-corrected chi connectivity index (χ0v) is 27.7. The summed E-state index contributed by atoms with van der Waals surface area (Å²) >= 11 is 0. The summed E-state index contributed by atoms with van der Waals surface area (Å²) < 4.78 is 0. The summed E-state index contributed by atoms with van der Waals surface area (Å²) in [5.74, 6) is -0.144. The van der Waals surface area contributed by atoms with Crippen molar-refractivity contribution < 1.29 is 20.1 Å². The predicted molar refractivity (Wildman–Crippen MR) is 176 cm³/mol.